The number of rotatable bonds is 5. The summed E-state index contributed by atoms with van der Waals surface area (Å²) < 4.78 is 19.7. The number of halogens is 1. The summed E-state index contributed by atoms with van der Waals surface area (Å²) in [6.07, 6.45) is 3.35. The molecular weight excluding hydrogens is 379 g/mol. The lowest BCUT2D eigenvalue weighted by atomic mass is 9.81. The molecule has 2 aromatic carbocycles. The number of benzene rings is 2. The molecular formula is C25H31FN2O2. The Kier molecular flexibility index (Phi) is 5.83. The normalized spacial score (nSPS) is 24.8. The summed E-state index contributed by atoms with van der Waals surface area (Å²) in [5, 5.41) is 0. The molecule has 160 valence electrons. The fraction of sp³-hybridized carbons (Fsp3) is 0.480. The molecule has 0 aliphatic carbocycles. The minimum absolute atomic E-state index is 0.111. The van der Waals surface area contributed by atoms with E-state index >= 15 is 0 Å². The van der Waals surface area contributed by atoms with E-state index in [1.54, 1.807) is 6.07 Å². The van der Waals surface area contributed by atoms with Crippen molar-refractivity contribution in [2.45, 2.75) is 70.7 Å². The van der Waals surface area contributed by atoms with Gasteiger partial charge in [-0.25, -0.2) is 4.39 Å². The molecule has 0 N–H and O–H groups in total. The molecule has 1 amide bonds. The Bertz CT molecular complexity index is 916. The highest BCUT2D eigenvalue weighted by molar-refractivity contribution is 5.97. The van der Waals surface area contributed by atoms with Crippen molar-refractivity contribution in [3.63, 3.8) is 0 Å². The van der Waals surface area contributed by atoms with Crippen LogP contribution in [0.1, 0.15) is 52.0 Å². The fourth-order valence-electron chi connectivity index (χ4n) is 5.10. The Balaban J connectivity index is 1.49. The molecule has 1 spiro atoms. The van der Waals surface area contributed by atoms with E-state index in [0.717, 1.165) is 38.1 Å². The Hall–Kier alpha value is -2.40. The smallest absolute Gasteiger partial charge is 0.227 e. The summed E-state index contributed by atoms with van der Waals surface area (Å²) in [4.78, 5) is 17.1. The van der Waals surface area contributed by atoms with Crippen molar-refractivity contribution in [1.29, 1.82) is 0 Å². The average Bonchev–Trinajstić information content (AvgIpc) is 2.99. The van der Waals surface area contributed by atoms with Crippen LogP contribution in [0.5, 0.6) is 5.75 Å². The summed E-state index contributed by atoms with van der Waals surface area (Å²) in [5.74, 6) is 0.721. The molecule has 30 heavy (non-hydrogen) atoms. The van der Waals surface area contributed by atoms with E-state index in [1.807, 2.05) is 36.9 Å². The van der Waals surface area contributed by atoms with E-state index in [2.05, 4.69) is 24.0 Å². The van der Waals surface area contributed by atoms with Crippen molar-refractivity contribution in [3.05, 3.63) is 59.9 Å². The minimum Gasteiger partial charge on any atom is -0.491 e. The van der Waals surface area contributed by atoms with Crippen LogP contribution in [-0.2, 0) is 11.3 Å². The summed E-state index contributed by atoms with van der Waals surface area (Å²) in [7, 11) is 0. The van der Waals surface area contributed by atoms with Crippen LogP contribution in [0.4, 0.5) is 10.1 Å². The highest BCUT2D eigenvalue weighted by Gasteiger charge is 2.49. The van der Waals surface area contributed by atoms with Gasteiger partial charge in [0, 0.05) is 31.2 Å². The maximum atomic E-state index is 13.8. The maximum Gasteiger partial charge on any atom is 0.227 e. The van der Waals surface area contributed by atoms with Crippen LogP contribution in [0.3, 0.4) is 0 Å². The number of carbonyl (C=O) groups excluding carboxylic acids is 1. The van der Waals surface area contributed by atoms with E-state index in [1.165, 1.54) is 17.7 Å². The number of likely N-dealkylation sites (tertiary alicyclic amines) is 1. The molecule has 4 nitrogen and oxygen atoms in total. The first kappa shape index (κ1) is 20.9. The number of anilines is 1. The van der Waals surface area contributed by atoms with Gasteiger partial charge in [-0.15, -0.1) is 0 Å². The Morgan fingerprint density at radius 3 is 2.70 bits per heavy atom. The van der Waals surface area contributed by atoms with Gasteiger partial charge >= 0.3 is 0 Å². The number of amides is 1. The van der Waals surface area contributed by atoms with Crippen molar-refractivity contribution >= 4 is 11.6 Å². The Labute approximate surface area is 178 Å². The molecule has 2 heterocycles. The first-order valence-electron chi connectivity index (χ1n) is 10.9. The van der Waals surface area contributed by atoms with E-state index in [9.17, 15) is 9.18 Å². The average molecular weight is 411 g/mol. The predicted octanol–water partition coefficient (Wildman–Crippen LogP) is 5.16. The van der Waals surface area contributed by atoms with Crippen molar-refractivity contribution in [2.24, 2.45) is 0 Å². The molecule has 5 heteroatoms. The standard InChI is InChI=1S/C25H31FN2O2/c1-18(2)30-23-9-4-6-20(14-23)17-27-13-12-25(16-19(27)3)11-10-24(29)28(25)22-8-5-7-21(26)15-22/h4-9,14-15,18-19H,10-13,16-17H2,1-3H3/t19-,25+/m0/s1. The van der Waals surface area contributed by atoms with Gasteiger partial charge in [0.1, 0.15) is 11.6 Å². The molecule has 0 unspecified atom stereocenters. The molecule has 2 fully saturated rings. The van der Waals surface area contributed by atoms with Crippen molar-refractivity contribution in [2.75, 3.05) is 11.4 Å². The SMILES string of the molecule is CC(C)Oc1cccc(CN2CC[C@]3(CCC(=O)N3c3cccc(F)c3)C[C@@H]2C)c1. The summed E-state index contributed by atoms with van der Waals surface area (Å²) in [5.41, 5.74) is 1.72. The van der Waals surface area contributed by atoms with Crippen molar-refractivity contribution in [1.82, 2.24) is 4.90 Å². The summed E-state index contributed by atoms with van der Waals surface area (Å²) in [6, 6.07) is 15.1. The van der Waals surface area contributed by atoms with E-state index in [0.29, 0.717) is 18.2 Å². The Morgan fingerprint density at radius 1 is 1.17 bits per heavy atom. The van der Waals surface area contributed by atoms with Gasteiger partial charge in [-0.3, -0.25) is 9.69 Å². The van der Waals surface area contributed by atoms with Crippen LogP contribution in [0, 0.1) is 5.82 Å². The van der Waals surface area contributed by atoms with Gasteiger partial charge in [-0.2, -0.15) is 0 Å². The number of nitrogens with zero attached hydrogens (tertiary/aromatic N) is 2. The first-order chi connectivity index (χ1) is 14.4. The molecule has 2 atom stereocenters. The monoisotopic (exact) mass is 410 g/mol. The minimum atomic E-state index is -0.295. The van der Waals surface area contributed by atoms with Crippen LogP contribution in [0.2, 0.25) is 0 Å². The zero-order chi connectivity index (χ0) is 21.3. The predicted molar refractivity (Wildman–Crippen MR) is 117 cm³/mol. The third-order valence-corrected chi connectivity index (χ3v) is 6.41. The molecule has 0 radical (unpaired) electrons. The molecule has 0 bridgehead atoms. The summed E-state index contributed by atoms with van der Waals surface area (Å²) >= 11 is 0. The molecule has 0 saturated carbocycles. The van der Waals surface area contributed by atoms with E-state index in [-0.39, 0.29) is 23.4 Å². The molecule has 0 aromatic heterocycles. The summed E-state index contributed by atoms with van der Waals surface area (Å²) in [6.45, 7) is 8.08. The van der Waals surface area contributed by atoms with Crippen molar-refractivity contribution < 1.29 is 13.9 Å². The van der Waals surface area contributed by atoms with Crippen molar-refractivity contribution in [3.8, 4) is 5.75 Å². The van der Waals surface area contributed by atoms with Gasteiger partial charge in [-0.05, 0) is 75.9 Å². The third kappa shape index (κ3) is 4.22. The quantitative estimate of drug-likeness (QED) is 0.682. The largest absolute Gasteiger partial charge is 0.491 e. The van der Waals surface area contributed by atoms with Gasteiger partial charge in [0.25, 0.3) is 0 Å². The topological polar surface area (TPSA) is 32.8 Å². The van der Waals surface area contributed by atoms with Crippen LogP contribution in [0.25, 0.3) is 0 Å². The second-order valence-corrected chi connectivity index (χ2v) is 9.02. The number of hydrogen-bond donors (Lipinski definition) is 0. The van der Waals surface area contributed by atoms with Crippen LogP contribution in [0.15, 0.2) is 48.5 Å². The van der Waals surface area contributed by atoms with Gasteiger partial charge in [0.2, 0.25) is 5.91 Å². The van der Waals surface area contributed by atoms with Gasteiger partial charge in [0.05, 0.1) is 11.6 Å². The highest BCUT2D eigenvalue weighted by atomic mass is 19.1. The second-order valence-electron chi connectivity index (χ2n) is 9.02. The van der Waals surface area contributed by atoms with Crippen LogP contribution in [-0.4, -0.2) is 35.0 Å². The zero-order valence-electron chi connectivity index (χ0n) is 18.1. The Morgan fingerprint density at radius 2 is 1.97 bits per heavy atom. The number of ether oxygens (including phenoxy) is 1. The van der Waals surface area contributed by atoms with E-state index in [4.69, 9.17) is 4.74 Å². The van der Waals surface area contributed by atoms with Gasteiger partial charge in [-0.1, -0.05) is 18.2 Å². The number of hydrogen-bond acceptors (Lipinski definition) is 3. The third-order valence-electron chi connectivity index (χ3n) is 6.41. The van der Waals surface area contributed by atoms with E-state index < -0.39 is 0 Å². The lowest BCUT2D eigenvalue weighted by molar-refractivity contribution is -0.117. The first-order valence-corrected chi connectivity index (χ1v) is 10.9. The number of carbonyl (C=O) groups is 1. The van der Waals surface area contributed by atoms with Gasteiger partial charge in [0.15, 0.2) is 0 Å². The molecule has 4 rings (SSSR count). The van der Waals surface area contributed by atoms with Gasteiger partial charge < -0.3 is 9.64 Å². The second kappa shape index (κ2) is 8.38. The molecule has 2 aliphatic rings. The number of piperidine rings is 1. The van der Waals surface area contributed by atoms with Crippen LogP contribution >= 0.6 is 0 Å². The zero-order valence-corrected chi connectivity index (χ0v) is 18.1. The molecule has 2 aromatic rings. The molecule has 2 saturated heterocycles. The maximum absolute atomic E-state index is 13.8. The lowest BCUT2D eigenvalue weighted by Crippen LogP contribution is -2.56. The molecule has 2 aliphatic heterocycles. The lowest BCUT2D eigenvalue weighted by Gasteiger charge is -2.48. The highest BCUT2D eigenvalue weighted by Crippen LogP contribution is 2.44. The van der Waals surface area contributed by atoms with Crippen LogP contribution < -0.4 is 9.64 Å². The fourth-order valence-corrected chi connectivity index (χ4v) is 5.10.